The Morgan fingerprint density at radius 1 is 1.55 bits per heavy atom. The Hall–Kier alpha value is -2.19. The summed E-state index contributed by atoms with van der Waals surface area (Å²) in [6, 6.07) is 5.54. The lowest BCUT2D eigenvalue weighted by Gasteiger charge is -2.19. The van der Waals surface area contributed by atoms with Crippen molar-refractivity contribution in [1.29, 1.82) is 0 Å². The highest BCUT2D eigenvalue weighted by Crippen LogP contribution is 2.32. The molecule has 0 aliphatic carbocycles. The van der Waals surface area contributed by atoms with E-state index in [2.05, 4.69) is 11.2 Å². The molecule has 1 unspecified atom stereocenters. The average molecular weight is 276 g/mol. The summed E-state index contributed by atoms with van der Waals surface area (Å²) in [5.74, 6) is 3.19. The van der Waals surface area contributed by atoms with Crippen molar-refractivity contribution >= 4 is 5.91 Å². The smallest absolute Gasteiger partial charge is 0.261 e. The van der Waals surface area contributed by atoms with Gasteiger partial charge in [0.05, 0.1) is 13.7 Å². The molecule has 108 valence electrons. The SMILES string of the molecule is C#CCNC(=O)C(C)Oc1c(CCN)cccc1OC. The van der Waals surface area contributed by atoms with Crippen molar-refractivity contribution in [2.45, 2.75) is 19.4 Å². The van der Waals surface area contributed by atoms with Crippen molar-refractivity contribution in [2.75, 3.05) is 20.2 Å². The molecule has 1 atom stereocenters. The van der Waals surface area contributed by atoms with E-state index in [1.54, 1.807) is 20.1 Å². The highest BCUT2D eigenvalue weighted by atomic mass is 16.5. The van der Waals surface area contributed by atoms with Gasteiger partial charge in [-0.3, -0.25) is 4.79 Å². The summed E-state index contributed by atoms with van der Waals surface area (Å²) >= 11 is 0. The zero-order valence-electron chi connectivity index (χ0n) is 11.8. The molecule has 0 aliphatic rings. The Morgan fingerprint density at radius 2 is 2.30 bits per heavy atom. The highest BCUT2D eigenvalue weighted by Gasteiger charge is 2.18. The van der Waals surface area contributed by atoms with Crippen LogP contribution in [0.25, 0.3) is 0 Å². The fourth-order valence-corrected chi connectivity index (χ4v) is 1.72. The number of hydrogen-bond acceptors (Lipinski definition) is 4. The Morgan fingerprint density at radius 3 is 2.90 bits per heavy atom. The van der Waals surface area contributed by atoms with Crippen LogP contribution >= 0.6 is 0 Å². The number of nitrogens with two attached hydrogens (primary N) is 1. The lowest BCUT2D eigenvalue weighted by Crippen LogP contribution is -2.36. The summed E-state index contributed by atoms with van der Waals surface area (Å²) in [7, 11) is 1.55. The minimum Gasteiger partial charge on any atom is -0.493 e. The molecule has 1 amide bonds. The van der Waals surface area contributed by atoms with Gasteiger partial charge in [-0.25, -0.2) is 0 Å². The molecular formula is C15H20N2O3. The van der Waals surface area contributed by atoms with Crippen LogP contribution in [-0.4, -0.2) is 32.2 Å². The number of nitrogens with one attached hydrogen (secondary N) is 1. The quantitative estimate of drug-likeness (QED) is 0.719. The van der Waals surface area contributed by atoms with Gasteiger partial charge in [-0.15, -0.1) is 6.42 Å². The lowest BCUT2D eigenvalue weighted by atomic mass is 10.1. The van der Waals surface area contributed by atoms with Crippen LogP contribution in [0.2, 0.25) is 0 Å². The number of carbonyl (C=O) groups is 1. The molecule has 0 saturated carbocycles. The van der Waals surface area contributed by atoms with E-state index in [0.29, 0.717) is 24.5 Å². The van der Waals surface area contributed by atoms with Gasteiger partial charge >= 0.3 is 0 Å². The van der Waals surface area contributed by atoms with Gasteiger partial charge in [-0.05, 0) is 31.5 Å². The van der Waals surface area contributed by atoms with Crippen LogP contribution in [0.15, 0.2) is 18.2 Å². The van der Waals surface area contributed by atoms with Crippen LogP contribution in [0.4, 0.5) is 0 Å². The predicted molar refractivity (Wildman–Crippen MR) is 77.7 cm³/mol. The second kappa shape index (κ2) is 8.08. The van der Waals surface area contributed by atoms with E-state index in [1.165, 1.54) is 0 Å². The molecule has 20 heavy (non-hydrogen) atoms. The Labute approximate surface area is 119 Å². The Bertz CT molecular complexity index is 494. The molecule has 0 heterocycles. The molecule has 1 rings (SSSR count). The van der Waals surface area contributed by atoms with Crippen LogP contribution in [-0.2, 0) is 11.2 Å². The fourth-order valence-electron chi connectivity index (χ4n) is 1.72. The van der Waals surface area contributed by atoms with Gasteiger partial charge in [-0.2, -0.15) is 0 Å². The number of hydrogen-bond donors (Lipinski definition) is 2. The van der Waals surface area contributed by atoms with Crippen LogP contribution < -0.4 is 20.5 Å². The standard InChI is InChI=1S/C15H20N2O3/c1-4-10-17-15(18)11(2)20-14-12(8-9-16)6-5-7-13(14)19-3/h1,5-7,11H,8-10,16H2,2-3H3,(H,17,18). The molecule has 0 aromatic heterocycles. The van der Waals surface area contributed by atoms with Gasteiger partial charge < -0.3 is 20.5 Å². The topological polar surface area (TPSA) is 73.6 Å². The first-order valence-electron chi connectivity index (χ1n) is 6.37. The van der Waals surface area contributed by atoms with Gasteiger partial charge in [0.25, 0.3) is 5.91 Å². The maximum Gasteiger partial charge on any atom is 0.261 e. The van der Waals surface area contributed by atoms with Gasteiger partial charge in [0, 0.05) is 0 Å². The van der Waals surface area contributed by atoms with Crippen molar-refractivity contribution in [3.8, 4) is 23.8 Å². The zero-order chi connectivity index (χ0) is 15.0. The van der Waals surface area contributed by atoms with Crippen LogP contribution in [0.5, 0.6) is 11.5 Å². The van der Waals surface area contributed by atoms with Gasteiger partial charge in [0.2, 0.25) is 0 Å². The molecule has 0 bridgehead atoms. The van der Waals surface area contributed by atoms with Crippen molar-refractivity contribution in [3.63, 3.8) is 0 Å². The van der Waals surface area contributed by atoms with Gasteiger partial charge in [0.1, 0.15) is 0 Å². The van der Waals surface area contributed by atoms with Gasteiger partial charge in [0.15, 0.2) is 17.6 Å². The fraction of sp³-hybridized carbons (Fsp3) is 0.400. The molecule has 1 aromatic rings. The third-order valence-electron chi connectivity index (χ3n) is 2.72. The number of amides is 1. The van der Waals surface area contributed by atoms with E-state index in [4.69, 9.17) is 21.6 Å². The van der Waals surface area contributed by atoms with E-state index >= 15 is 0 Å². The molecule has 5 nitrogen and oxygen atoms in total. The molecule has 0 radical (unpaired) electrons. The van der Waals surface area contributed by atoms with E-state index in [9.17, 15) is 4.79 Å². The van der Waals surface area contributed by atoms with E-state index in [1.807, 2.05) is 12.1 Å². The van der Waals surface area contributed by atoms with E-state index < -0.39 is 6.10 Å². The number of benzene rings is 1. The molecule has 0 fully saturated rings. The summed E-state index contributed by atoms with van der Waals surface area (Å²) in [6.45, 7) is 2.32. The maximum absolute atomic E-state index is 11.8. The summed E-state index contributed by atoms with van der Waals surface area (Å²) in [5.41, 5.74) is 6.49. The normalized spacial score (nSPS) is 11.3. The Kier molecular flexibility index (Phi) is 6.41. The number of para-hydroxylation sites is 1. The number of rotatable bonds is 7. The first-order valence-corrected chi connectivity index (χ1v) is 6.37. The van der Waals surface area contributed by atoms with Crippen LogP contribution in [0.3, 0.4) is 0 Å². The molecular weight excluding hydrogens is 256 g/mol. The summed E-state index contributed by atoms with van der Waals surface area (Å²) in [6.07, 6.45) is 5.07. The monoisotopic (exact) mass is 276 g/mol. The second-order valence-electron chi connectivity index (χ2n) is 4.17. The highest BCUT2D eigenvalue weighted by molar-refractivity contribution is 5.81. The third-order valence-corrected chi connectivity index (χ3v) is 2.72. The largest absolute Gasteiger partial charge is 0.493 e. The first-order chi connectivity index (χ1) is 9.63. The number of carbonyl (C=O) groups excluding carboxylic acids is 1. The molecule has 3 N–H and O–H groups in total. The summed E-state index contributed by atoms with van der Waals surface area (Å²) < 4.78 is 11.0. The number of terminal acetylenes is 1. The maximum atomic E-state index is 11.8. The molecule has 1 aromatic carbocycles. The van der Waals surface area contributed by atoms with Crippen molar-refractivity contribution < 1.29 is 14.3 Å². The number of ether oxygens (including phenoxy) is 2. The zero-order valence-corrected chi connectivity index (χ0v) is 11.8. The summed E-state index contributed by atoms with van der Waals surface area (Å²) in [4.78, 5) is 11.8. The van der Waals surface area contributed by atoms with Crippen LogP contribution in [0.1, 0.15) is 12.5 Å². The lowest BCUT2D eigenvalue weighted by molar-refractivity contribution is -0.127. The minimum atomic E-state index is -0.670. The molecule has 0 spiro atoms. The van der Waals surface area contributed by atoms with E-state index in [-0.39, 0.29) is 12.5 Å². The van der Waals surface area contributed by atoms with E-state index in [0.717, 1.165) is 5.56 Å². The molecule has 5 heteroatoms. The molecule has 0 saturated heterocycles. The predicted octanol–water partition coefficient (Wildman–Crippen LogP) is 0.713. The second-order valence-corrected chi connectivity index (χ2v) is 4.17. The third kappa shape index (κ3) is 4.18. The summed E-state index contributed by atoms with van der Waals surface area (Å²) in [5, 5.41) is 2.58. The van der Waals surface area contributed by atoms with Crippen molar-refractivity contribution in [2.24, 2.45) is 5.73 Å². The first kappa shape index (κ1) is 15.9. The molecule has 0 aliphatic heterocycles. The minimum absolute atomic E-state index is 0.175. The Balaban J connectivity index is 2.89. The van der Waals surface area contributed by atoms with Crippen molar-refractivity contribution in [1.82, 2.24) is 5.32 Å². The van der Waals surface area contributed by atoms with Crippen molar-refractivity contribution in [3.05, 3.63) is 23.8 Å². The van der Waals surface area contributed by atoms with Gasteiger partial charge in [-0.1, -0.05) is 18.1 Å². The average Bonchev–Trinajstić information content (AvgIpc) is 2.46. The number of methoxy groups -OCH3 is 1. The van der Waals surface area contributed by atoms with Crippen LogP contribution in [0, 0.1) is 12.3 Å².